The highest BCUT2D eigenvalue weighted by atomic mass is 32.2. The van der Waals surface area contributed by atoms with E-state index in [0.29, 0.717) is 39.0 Å². The topological polar surface area (TPSA) is 161 Å². The van der Waals surface area contributed by atoms with Crippen LogP contribution in [0.25, 0.3) is 6.08 Å². The number of benzene rings is 4. The predicted octanol–water partition coefficient (Wildman–Crippen LogP) is 5.24. The molecule has 4 aromatic rings. The molecule has 3 N–H and O–H groups in total. The Balaban J connectivity index is 1.38. The number of hydrogen-bond donors (Lipinski definition) is 3. The van der Waals surface area contributed by atoms with Gasteiger partial charge in [-0.05, 0) is 66.7 Å². The van der Waals surface area contributed by atoms with Crippen molar-refractivity contribution in [1.29, 1.82) is 0 Å². The molecule has 0 radical (unpaired) electrons. The number of rotatable bonds is 12. The first-order chi connectivity index (χ1) is 23.6. The molecule has 1 saturated heterocycles. The number of aromatic carboxylic acids is 1. The molecule has 1 aliphatic heterocycles. The van der Waals surface area contributed by atoms with Gasteiger partial charge >= 0.3 is 5.97 Å². The normalized spacial score (nSPS) is 14.3. The molecule has 49 heavy (non-hydrogen) atoms. The van der Waals surface area contributed by atoms with Crippen LogP contribution < -0.4 is 29.7 Å². The molecule has 0 spiro atoms. The zero-order chi connectivity index (χ0) is 35.1. The molecular weight excluding hydrogens is 650 g/mol. The van der Waals surface area contributed by atoms with Gasteiger partial charge in [0, 0.05) is 34.2 Å². The maximum Gasteiger partial charge on any atom is 0.335 e. The summed E-state index contributed by atoms with van der Waals surface area (Å²) < 4.78 is 16.3. The van der Waals surface area contributed by atoms with E-state index in [1.54, 1.807) is 66.7 Å². The van der Waals surface area contributed by atoms with Gasteiger partial charge in [0.2, 0.25) is 11.8 Å². The van der Waals surface area contributed by atoms with Gasteiger partial charge in [-0.2, -0.15) is 0 Å². The Morgan fingerprint density at radius 1 is 0.816 bits per heavy atom. The van der Waals surface area contributed by atoms with E-state index in [-0.39, 0.29) is 23.4 Å². The summed E-state index contributed by atoms with van der Waals surface area (Å²) in [6.07, 6.45) is 1.39. The Hall–Kier alpha value is -6.08. The van der Waals surface area contributed by atoms with Gasteiger partial charge in [0.15, 0.2) is 11.5 Å². The minimum atomic E-state index is -1.12. The van der Waals surface area contributed by atoms with Crippen molar-refractivity contribution in [3.05, 3.63) is 113 Å². The van der Waals surface area contributed by atoms with Crippen LogP contribution in [0, 0.1) is 0 Å². The Labute approximate surface area is 285 Å². The van der Waals surface area contributed by atoms with Crippen molar-refractivity contribution in [1.82, 2.24) is 5.32 Å². The lowest BCUT2D eigenvalue weighted by Gasteiger charge is -2.16. The van der Waals surface area contributed by atoms with Gasteiger partial charge in [-0.3, -0.25) is 19.2 Å². The van der Waals surface area contributed by atoms with Crippen LogP contribution in [0.2, 0.25) is 0 Å². The fraction of sp³-hybridized carbons (Fsp3) is 0.139. The molecule has 0 bridgehead atoms. The van der Waals surface area contributed by atoms with Crippen LogP contribution in [-0.4, -0.2) is 61.3 Å². The molecule has 4 amide bonds. The SMILES string of the molecule is COc1cc(OC)c(OC)cc1/C=C(\NC(=O)c1ccccc1)C(=O)Nc1cccc(S[C@@H]2CC(=O)N(c3ccc(C(=O)O)cc3)C2=O)c1. The van der Waals surface area contributed by atoms with Crippen LogP contribution in [0.1, 0.15) is 32.7 Å². The van der Waals surface area contributed by atoms with Crippen molar-refractivity contribution in [2.45, 2.75) is 16.6 Å². The third kappa shape index (κ3) is 7.91. The van der Waals surface area contributed by atoms with Crippen LogP contribution in [0.3, 0.4) is 0 Å². The van der Waals surface area contributed by atoms with E-state index >= 15 is 0 Å². The minimum Gasteiger partial charge on any atom is -0.496 e. The maximum atomic E-state index is 13.7. The van der Waals surface area contributed by atoms with E-state index < -0.39 is 34.8 Å². The van der Waals surface area contributed by atoms with E-state index in [4.69, 9.17) is 19.3 Å². The molecule has 12 nitrogen and oxygen atoms in total. The van der Waals surface area contributed by atoms with Crippen molar-refractivity contribution in [2.24, 2.45) is 0 Å². The second-order valence-electron chi connectivity index (χ2n) is 10.5. The lowest BCUT2D eigenvalue weighted by molar-refractivity contribution is -0.121. The number of imide groups is 1. The number of methoxy groups -OCH3 is 3. The second-order valence-corrected chi connectivity index (χ2v) is 11.8. The summed E-state index contributed by atoms with van der Waals surface area (Å²) in [6, 6.07) is 23.8. The summed E-state index contributed by atoms with van der Waals surface area (Å²) in [6.45, 7) is 0. The van der Waals surface area contributed by atoms with Crippen LogP contribution in [0.5, 0.6) is 17.2 Å². The Morgan fingerprint density at radius 2 is 1.49 bits per heavy atom. The van der Waals surface area contributed by atoms with E-state index in [1.165, 1.54) is 51.7 Å². The van der Waals surface area contributed by atoms with Gasteiger partial charge in [0.1, 0.15) is 11.4 Å². The number of thioether (sulfide) groups is 1. The van der Waals surface area contributed by atoms with E-state index in [2.05, 4.69) is 10.6 Å². The molecule has 0 aromatic heterocycles. The van der Waals surface area contributed by atoms with Gasteiger partial charge < -0.3 is 30.0 Å². The Morgan fingerprint density at radius 3 is 2.14 bits per heavy atom. The van der Waals surface area contributed by atoms with E-state index in [9.17, 15) is 24.0 Å². The summed E-state index contributed by atoms with van der Waals surface area (Å²) in [5, 5.41) is 13.9. The largest absolute Gasteiger partial charge is 0.496 e. The summed E-state index contributed by atoms with van der Waals surface area (Å²) in [4.78, 5) is 65.8. The number of nitrogens with one attached hydrogen (secondary N) is 2. The molecule has 0 saturated carbocycles. The zero-order valence-corrected chi connectivity index (χ0v) is 27.4. The smallest absolute Gasteiger partial charge is 0.335 e. The first-order valence-corrected chi connectivity index (χ1v) is 15.7. The standard InChI is InChI=1S/C36H31N3O9S/c1-46-28-19-30(48-3)29(47-2)17-23(28)16-27(38-33(41)21-8-5-4-6-9-21)34(42)37-24-10-7-11-26(18-24)49-31-20-32(40)39(35(31)43)25-14-12-22(13-15-25)36(44)45/h4-19,31H,20H2,1-3H3,(H,37,42)(H,38,41)(H,44,45)/b27-16-/t31-/m1/s1. The molecule has 1 heterocycles. The molecule has 5 rings (SSSR count). The van der Waals surface area contributed by atoms with Gasteiger partial charge in [-0.25, -0.2) is 9.69 Å². The Kier molecular flexibility index (Phi) is 10.6. The number of ether oxygens (including phenoxy) is 3. The quantitative estimate of drug-likeness (QED) is 0.133. The van der Waals surface area contributed by atoms with Crippen molar-refractivity contribution in [3.63, 3.8) is 0 Å². The summed E-state index contributed by atoms with van der Waals surface area (Å²) in [7, 11) is 4.41. The summed E-state index contributed by atoms with van der Waals surface area (Å²) in [5.41, 5.74) is 1.35. The number of carbonyl (C=O) groups is 5. The molecule has 0 unspecified atom stereocenters. The van der Waals surface area contributed by atoms with Crippen molar-refractivity contribution < 1.29 is 43.3 Å². The third-order valence-corrected chi connectivity index (χ3v) is 8.59. The van der Waals surface area contributed by atoms with E-state index in [0.717, 1.165) is 16.7 Å². The maximum absolute atomic E-state index is 13.7. The lowest BCUT2D eigenvalue weighted by atomic mass is 10.1. The number of carboxylic acids is 1. The number of hydrogen-bond acceptors (Lipinski definition) is 9. The lowest BCUT2D eigenvalue weighted by Crippen LogP contribution is -2.31. The van der Waals surface area contributed by atoms with Crippen LogP contribution >= 0.6 is 11.8 Å². The first kappa shape index (κ1) is 34.3. The average molecular weight is 682 g/mol. The van der Waals surface area contributed by atoms with Gasteiger partial charge in [0.05, 0.1) is 37.8 Å². The number of carbonyl (C=O) groups excluding carboxylic acids is 4. The molecule has 1 aliphatic rings. The van der Waals surface area contributed by atoms with Crippen LogP contribution in [0.15, 0.2) is 102 Å². The fourth-order valence-electron chi connectivity index (χ4n) is 4.99. The third-order valence-electron chi connectivity index (χ3n) is 7.41. The van der Waals surface area contributed by atoms with Gasteiger partial charge in [0.25, 0.3) is 11.8 Å². The summed E-state index contributed by atoms with van der Waals surface area (Å²) in [5.74, 6) is -1.99. The van der Waals surface area contributed by atoms with Gasteiger partial charge in [-0.15, -0.1) is 11.8 Å². The highest BCUT2D eigenvalue weighted by Crippen LogP contribution is 2.37. The highest BCUT2D eigenvalue weighted by molar-refractivity contribution is 8.00. The molecule has 4 aromatic carbocycles. The highest BCUT2D eigenvalue weighted by Gasteiger charge is 2.40. The van der Waals surface area contributed by atoms with Crippen LogP contribution in [-0.2, 0) is 14.4 Å². The monoisotopic (exact) mass is 681 g/mol. The van der Waals surface area contributed by atoms with Crippen molar-refractivity contribution >= 4 is 58.8 Å². The van der Waals surface area contributed by atoms with E-state index in [1.807, 2.05) is 0 Å². The minimum absolute atomic E-state index is 0.0353. The fourth-order valence-corrected chi connectivity index (χ4v) is 6.11. The van der Waals surface area contributed by atoms with Crippen molar-refractivity contribution in [3.8, 4) is 17.2 Å². The average Bonchev–Trinajstić information content (AvgIpc) is 3.39. The molecule has 0 aliphatic carbocycles. The predicted molar refractivity (Wildman–Crippen MR) is 183 cm³/mol. The Bertz CT molecular complexity index is 1950. The van der Waals surface area contributed by atoms with Crippen LogP contribution in [0.4, 0.5) is 11.4 Å². The molecule has 250 valence electrons. The second kappa shape index (κ2) is 15.2. The zero-order valence-electron chi connectivity index (χ0n) is 26.6. The molecule has 1 fully saturated rings. The van der Waals surface area contributed by atoms with Gasteiger partial charge in [-0.1, -0.05) is 24.3 Å². The number of nitrogens with zero attached hydrogens (tertiary/aromatic N) is 1. The number of anilines is 2. The number of carboxylic acid groups (broad SMARTS) is 1. The van der Waals surface area contributed by atoms with Crippen molar-refractivity contribution in [2.75, 3.05) is 31.5 Å². The molecule has 13 heteroatoms. The molecule has 1 atom stereocenters. The molecular formula is C36H31N3O9S. The summed E-state index contributed by atoms with van der Waals surface area (Å²) >= 11 is 1.16. The first-order valence-electron chi connectivity index (χ1n) is 14.8. The number of amides is 4.